The first-order valence-electron chi connectivity index (χ1n) is 13.5. The Hall–Kier alpha value is -5.48. The monoisotopic (exact) mass is 512 g/mol. The van der Waals surface area contributed by atoms with Gasteiger partial charge in [-0.1, -0.05) is 54.6 Å². The van der Waals surface area contributed by atoms with Crippen molar-refractivity contribution in [1.29, 1.82) is 0 Å². The van der Waals surface area contributed by atoms with E-state index in [4.69, 9.17) is 8.83 Å². The van der Waals surface area contributed by atoms with Gasteiger partial charge in [0.05, 0.1) is 27.3 Å². The average molecular weight is 513 g/mol. The van der Waals surface area contributed by atoms with Crippen LogP contribution in [0, 0.1) is 0 Å². The number of rotatable bonds is 1. The first-order chi connectivity index (χ1) is 19.8. The van der Waals surface area contributed by atoms with Gasteiger partial charge in [0.2, 0.25) is 0 Å². The number of benzene rings is 6. The highest BCUT2D eigenvalue weighted by Crippen LogP contribution is 2.43. The zero-order valence-corrected chi connectivity index (χ0v) is 21.2. The number of fused-ring (bicyclic) bond motifs is 14. The minimum absolute atomic E-state index is 0.896. The van der Waals surface area contributed by atoms with Gasteiger partial charge >= 0.3 is 0 Å². The SMILES string of the molecule is c1ccc2c(c1)[nH]c1ccc3c4ccc5c(c6ccccc6n5-c5ccc6oc7ccccc7c6c5)c4oc3c12. The highest BCUT2D eigenvalue weighted by molar-refractivity contribution is 6.28. The van der Waals surface area contributed by atoms with Crippen LogP contribution in [0.15, 0.2) is 124 Å². The van der Waals surface area contributed by atoms with E-state index in [9.17, 15) is 0 Å². The molecule has 0 atom stereocenters. The fraction of sp³-hybridized carbons (Fsp3) is 0. The molecule has 0 aliphatic rings. The van der Waals surface area contributed by atoms with E-state index in [1.165, 1.54) is 10.8 Å². The third-order valence-corrected chi connectivity index (χ3v) is 8.53. The summed E-state index contributed by atoms with van der Waals surface area (Å²) in [4.78, 5) is 3.56. The largest absolute Gasteiger partial charge is 0.456 e. The van der Waals surface area contributed by atoms with Crippen LogP contribution in [0.1, 0.15) is 0 Å². The number of hydrogen-bond donors (Lipinski definition) is 1. The smallest absolute Gasteiger partial charge is 0.145 e. The van der Waals surface area contributed by atoms with E-state index >= 15 is 0 Å². The molecule has 0 radical (unpaired) electrons. The summed E-state index contributed by atoms with van der Waals surface area (Å²) in [5.74, 6) is 0. The van der Waals surface area contributed by atoms with Crippen LogP contribution in [0.25, 0.3) is 93.2 Å². The third-order valence-electron chi connectivity index (χ3n) is 8.53. The third kappa shape index (κ3) is 2.46. The molecule has 0 unspecified atom stereocenters. The number of furan rings is 2. The molecule has 40 heavy (non-hydrogen) atoms. The standard InChI is InChI=1S/C36H20N2O2/c1-4-10-27-24(8-1)33-28(37-27)16-14-22-23-15-17-30-34(36(23)40-35(22)33)25-9-2-5-11-29(25)38(30)20-13-18-32-26(19-20)21-7-3-6-12-31(21)39-32/h1-19,37H. The van der Waals surface area contributed by atoms with Crippen molar-refractivity contribution in [3.8, 4) is 5.69 Å². The fourth-order valence-electron chi connectivity index (χ4n) is 6.81. The molecule has 6 aromatic carbocycles. The minimum Gasteiger partial charge on any atom is -0.456 e. The summed E-state index contributed by atoms with van der Waals surface area (Å²) in [5.41, 5.74) is 9.24. The maximum atomic E-state index is 6.87. The molecular formula is C36H20N2O2. The molecule has 186 valence electrons. The van der Waals surface area contributed by atoms with Crippen molar-refractivity contribution >= 4 is 87.5 Å². The summed E-state index contributed by atoms with van der Waals surface area (Å²) in [7, 11) is 0. The molecule has 0 spiro atoms. The van der Waals surface area contributed by atoms with Gasteiger partial charge in [0.15, 0.2) is 0 Å². The lowest BCUT2D eigenvalue weighted by Crippen LogP contribution is -1.93. The lowest BCUT2D eigenvalue weighted by atomic mass is 10.1. The Morgan fingerprint density at radius 3 is 2.10 bits per heavy atom. The Morgan fingerprint density at radius 2 is 1.18 bits per heavy atom. The van der Waals surface area contributed by atoms with Gasteiger partial charge in [-0.25, -0.2) is 0 Å². The topological polar surface area (TPSA) is 47.0 Å². The number of nitrogens with one attached hydrogen (secondary N) is 1. The summed E-state index contributed by atoms with van der Waals surface area (Å²) in [5, 5.41) is 9.14. The van der Waals surface area contributed by atoms with Crippen LogP contribution >= 0.6 is 0 Å². The van der Waals surface area contributed by atoms with Crippen LogP contribution in [-0.4, -0.2) is 9.55 Å². The quantitative estimate of drug-likeness (QED) is 0.238. The molecule has 4 nitrogen and oxygen atoms in total. The van der Waals surface area contributed by atoms with Crippen molar-refractivity contribution in [1.82, 2.24) is 9.55 Å². The molecule has 0 amide bonds. The van der Waals surface area contributed by atoms with Crippen molar-refractivity contribution in [2.75, 3.05) is 0 Å². The molecule has 0 aliphatic carbocycles. The number of para-hydroxylation sites is 3. The van der Waals surface area contributed by atoms with Gasteiger partial charge in [0.25, 0.3) is 0 Å². The first-order valence-corrected chi connectivity index (χ1v) is 13.5. The van der Waals surface area contributed by atoms with Gasteiger partial charge in [-0.3, -0.25) is 0 Å². The van der Waals surface area contributed by atoms with E-state index in [2.05, 4.69) is 113 Å². The van der Waals surface area contributed by atoms with Crippen LogP contribution < -0.4 is 0 Å². The summed E-state index contributed by atoms with van der Waals surface area (Å²) >= 11 is 0. The van der Waals surface area contributed by atoms with Crippen LogP contribution in [0.5, 0.6) is 0 Å². The minimum atomic E-state index is 0.896. The zero-order chi connectivity index (χ0) is 25.9. The second-order valence-electron chi connectivity index (χ2n) is 10.6. The van der Waals surface area contributed by atoms with E-state index in [-0.39, 0.29) is 0 Å². The molecular weight excluding hydrogens is 492 g/mol. The van der Waals surface area contributed by atoms with Gasteiger partial charge in [0.1, 0.15) is 22.3 Å². The molecule has 0 fully saturated rings. The molecule has 4 heteroatoms. The maximum absolute atomic E-state index is 6.87. The normalized spacial score (nSPS) is 12.5. The summed E-state index contributed by atoms with van der Waals surface area (Å²) in [6, 6.07) is 40.6. The Labute approximate surface area is 226 Å². The number of aromatic amines is 1. The molecule has 10 rings (SSSR count). The summed E-state index contributed by atoms with van der Waals surface area (Å²) in [6.07, 6.45) is 0. The summed E-state index contributed by atoms with van der Waals surface area (Å²) < 4.78 is 15.3. The molecule has 4 aromatic heterocycles. The second kappa shape index (κ2) is 7.13. The average Bonchev–Trinajstić information content (AvgIpc) is 3.74. The van der Waals surface area contributed by atoms with E-state index in [1.807, 2.05) is 12.1 Å². The number of hydrogen-bond acceptors (Lipinski definition) is 2. The van der Waals surface area contributed by atoms with Crippen LogP contribution in [0.2, 0.25) is 0 Å². The first kappa shape index (κ1) is 20.5. The number of nitrogens with zero attached hydrogens (tertiary/aromatic N) is 1. The van der Waals surface area contributed by atoms with Crippen molar-refractivity contribution in [3.05, 3.63) is 115 Å². The van der Waals surface area contributed by atoms with Crippen LogP contribution in [0.3, 0.4) is 0 Å². The van der Waals surface area contributed by atoms with Crippen molar-refractivity contribution in [2.24, 2.45) is 0 Å². The lowest BCUT2D eigenvalue weighted by Gasteiger charge is -2.08. The highest BCUT2D eigenvalue weighted by Gasteiger charge is 2.21. The lowest BCUT2D eigenvalue weighted by molar-refractivity contribution is 0.669. The van der Waals surface area contributed by atoms with E-state index < -0.39 is 0 Å². The molecule has 0 aliphatic heterocycles. The molecule has 0 saturated heterocycles. The highest BCUT2D eigenvalue weighted by atomic mass is 16.3. The molecule has 0 saturated carbocycles. The van der Waals surface area contributed by atoms with Gasteiger partial charge in [-0.15, -0.1) is 0 Å². The predicted octanol–water partition coefficient (Wildman–Crippen LogP) is 10.2. The molecule has 10 aromatic rings. The van der Waals surface area contributed by atoms with E-state index in [0.29, 0.717) is 0 Å². The Balaban J connectivity index is 1.35. The Kier molecular flexibility index (Phi) is 3.65. The van der Waals surface area contributed by atoms with Crippen molar-refractivity contribution < 1.29 is 8.83 Å². The molecule has 0 bridgehead atoms. The Bertz CT molecular complexity index is 2660. The van der Waals surface area contributed by atoms with Crippen molar-refractivity contribution in [2.45, 2.75) is 0 Å². The van der Waals surface area contributed by atoms with Crippen LogP contribution in [-0.2, 0) is 0 Å². The van der Waals surface area contributed by atoms with Gasteiger partial charge in [-0.05, 0) is 60.7 Å². The molecule has 1 N–H and O–H groups in total. The van der Waals surface area contributed by atoms with Gasteiger partial charge in [0, 0.05) is 43.5 Å². The Morgan fingerprint density at radius 1 is 0.450 bits per heavy atom. The van der Waals surface area contributed by atoms with Crippen LogP contribution in [0.4, 0.5) is 0 Å². The number of aromatic nitrogens is 2. The number of H-pyrrole nitrogens is 1. The zero-order valence-electron chi connectivity index (χ0n) is 21.2. The van der Waals surface area contributed by atoms with E-state index in [0.717, 1.165) is 82.4 Å². The second-order valence-corrected chi connectivity index (χ2v) is 10.6. The predicted molar refractivity (Wildman–Crippen MR) is 165 cm³/mol. The van der Waals surface area contributed by atoms with Gasteiger partial charge < -0.3 is 18.4 Å². The summed E-state index contributed by atoms with van der Waals surface area (Å²) in [6.45, 7) is 0. The maximum Gasteiger partial charge on any atom is 0.145 e. The van der Waals surface area contributed by atoms with Gasteiger partial charge in [-0.2, -0.15) is 0 Å². The molecule has 4 heterocycles. The fourth-order valence-corrected chi connectivity index (χ4v) is 6.81. The van der Waals surface area contributed by atoms with E-state index in [1.54, 1.807) is 0 Å². The van der Waals surface area contributed by atoms with Crippen molar-refractivity contribution in [3.63, 3.8) is 0 Å².